The Balaban J connectivity index is 1.65. The van der Waals surface area contributed by atoms with Crippen molar-refractivity contribution < 1.29 is 0 Å². The summed E-state index contributed by atoms with van der Waals surface area (Å²) in [5.74, 6) is 0.969. The van der Waals surface area contributed by atoms with Crippen molar-refractivity contribution >= 4 is 0 Å². The number of fused-ring (bicyclic) bond motifs is 1. The Morgan fingerprint density at radius 3 is 2.53 bits per heavy atom. The number of nitrogens with zero attached hydrogens (tertiary/aromatic N) is 2. The standard InChI is InChI=1S/C15H28N2/c1-12-6-7-14(9-12)17-11-15-5-3-4-8-16(15)10-13(17)2/h12-15H,3-11H2,1-2H3. The fraction of sp³-hybridized carbons (Fsp3) is 1.00. The predicted molar refractivity (Wildman–Crippen MR) is 72.2 cm³/mol. The first-order valence-corrected chi connectivity index (χ1v) is 7.74. The lowest BCUT2D eigenvalue weighted by atomic mass is 9.95. The molecule has 1 aliphatic carbocycles. The largest absolute Gasteiger partial charge is 0.298 e. The van der Waals surface area contributed by atoms with Gasteiger partial charge in [-0.2, -0.15) is 0 Å². The van der Waals surface area contributed by atoms with Crippen LogP contribution in [0.25, 0.3) is 0 Å². The molecule has 1 saturated carbocycles. The maximum atomic E-state index is 2.86. The van der Waals surface area contributed by atoms with Crippen LogP contribution in [0.4, 0.5) is 0 Å². The van der Waals surface area contributed by atoms with Gasteiger partial charge in [0.15, 0.2) is 0 Å². The summed E-state index contributed by atoms with van der Waals surface area (Å²) < 4.78 is 0. The third kappa shape index (κ3) is 2.39. The van der Waals surface area contributed by atoms with Crippen LogP contribution in [0.15, 0.2) is 0 Å². The van der Waals surface area contributed by atoms with Crippen LogP contribution in [0, 0.1) is 5.92 Å². The number of hydrogen-bond donors (Lipinski definition) is 0. The Morgan fingerprint density at radius 1 is 0.882 bits per heavy atom. The first kappa shape index (κ1) is 12.0. The summed E-state index contributed by atoms with van der Waals surface area (Å²) >= 11 is 0. The van der Waals surface area contributed by atoms with Gasteiger partial charge in [-0.3, -0.25) is 9.80 Å². The molecule has 3 aliphatic rings. The summed E-state index contributed by atoms with van der Waals surface area (Å²) in [5.41, 5.74) is 0. The van der Waals surface area contributed by atoms with Crippen LogP contribution in [0.5, 0.6) is 0 Å². The molecule has 2 nitrogen and oxygen atoms in total. The SMILES string of the molecule is CC1CCC(N2CC3CCCCN3CC2C)C1. The molecule has 98 valence electrons. The molecule has 2 aliphatic heterocycles. The molecule has 0 aromatic heterocycles. The minimum absolute atomic E-state index is 0.791. The zero-order chi connectivity index (χ0) is 11.8. The number of rotatable bonds is 1. The van der Waals surface area contributed by atoms with E-state index in [0.29, 0.717) is 0 Å². The summed E-state index contributed by atoms with van der Waals surface area (Å²) in [6.07, 6.45) is 8.72. The molecule has 0 aromatic rings. The average molecular weight is 236 g/mol. The highest BCUT2D eigenvalue weighted by molar-refractivity contribution is 4.93. The van der Waals surface area contributed by atoms with Gasteiger partial charge in [0, 0.05) is 31.2 Å². The molecule has 2 heteroatoms. The van der Waals surface area contributed by atoms with Gasteiger partial charge in [0.1, 0.15) is 0 Å². The van der Waals surface area contributed by atoms with Crippen molar-refractivity contribution in [1.82, 2.24) is 9.80 Å². The Bertz CT molecular complexity index is 266. The van der Waals surface area contributed by atoms with E-state index >= 15 is 0 Å². The van der Waals surface area contributed by atoms with Gasteiger partial charge in [0.25, 0.3) is 0 Å². The fourth-order valence-corrected chi connectivity index (χ4v) is 4.36. The van der Waals surface area contributed by atoms with Crippen LogP contribution in [-0.4, -0.2) is 47.6 Å². The van der Waals surface area contributed by atoms with Crippen LogP contribution in [0.2, 0.25) is 0 Å². The van der Waals surface area contributed by atoms with Crippen molar-refractivity contribution in [1.29, 1.82) is 0 Å². The highest BCUT2D eigenvalue weighted by Gasteiger charge is 2.37. The summed E-state index contributed by atoms with van der Waals surface area (Å²) in [7, 11) is 0. The third-order valence-electron chi connectivity index (χ3n) is 5.37. The lowest BCUT2D eigenvalue weighted by Crippen LogP contribution is -2.60. The molecule has 0 N–H and O–H groups in total. The van der Waals surface area contributed by atoms with E-state index in [4.69, 9.17) is 0 Å². The van der Waals surface area contributed by atoms with Crippen LogP contribution >= 0.6 is 0 Å². The smallest absolute Gasteiger partial charge is 0.0224 e. The van der Waals surface area contributed by atoms with Gasteiger partial charge in [-0.05, 0) is 51.5 Å². The van der Waals surface area contributed by atoms with Gasteiger partial charge in [0.05, 0.1) is 0 Å². The van der Waals surface area contributed by atoms with Crippen LogP contribution < -0.4 is 0 Å². The van der Waals surface area contributed by atoms with Crippen molar-refractivity contribution in [2.75, 3.05) is 19.6 Å². The summed E-state index contributed by atoms with van der Waals surface area (Å²) in [6.45, 7) is 8.94. The molecule has 3 fully saturated rings. The highest BCUT2D eigenvalue weighted by Crippen LogP contribution is 2.33. The molecule has 4 unspecified atom stereocenters. The first-order chi connectivity index (χ1) is 8.24. The van der Waals surface area contributed by atoms with Gasteiger partial charge in [-0.1, -0.05) is 13.3 Å². The third-order valence-corrected chi connectivity index (χ3v) is 5.37. The lowest BCUT2D eigenvalue weighted by Gasteiger charge is -2.49. The van der Waals surface area contributed by atoms with E-state index in [1.54, 1.807) is 0 Å². The Morgan fingerprint density at radius 2 is 1.76 bits per heavy atom. The normalized spacial score (nSPS) is 44.8. The molecule has 0 spiro atoms. The monoisotopic (exact) mass is 236 g/mol. The molecular formula is C15H28N2. The summed E-state index contributed by atoms with van der Waals surface area (Å²) in [4.78, 5) is 5.62. The Hall–Kier alpha value is -0.0800. The quantitative estimate of drug-likeness (QED) is 0.691. The van der Waals surface area contributed by atoms with Gasteiger partial charge >= 0.3 is 0 Å². The van der Waals surface area contributed by atoms with E-state index in [2.05, 4.69) is 23.6 Å². The second-order valence-electron chi connectivity index (χ2n) is 6.76. The minimum atomic E-state index is 0.791. The lowest BCUT2D eigenvalue weighted by molar-refractivity contribution is -0.00702. The van der Waals surface area contributed by atoms with Gasteiger partial charge in [0.2, 0.25) is 0 Å². The fourth-order valence-electron chi connectivity index (χ4n) is 4.36. The maximum absolute atomic E-state index is 2.86. The van der Waals surface area contributed by atoms with E-state index in [0.717, 1.165) is 24.0 Å². The van der Waals surface area contributed by atoms with Crippen LogP contribution in [-0.2, 0) is 0 Å². The molecule has 0 radical (unpaired) electrons. The zero-order valence-corrected chi connectivity index (χ0v) is 11.6. The molecule has 0 bridgehead atoms. The van der Waals surface area contributed by atoms with Crippen molar-refractivity contribution in [3.8, 4) is 0 Å². The van der Waals surface area contributed by atoms with E-state index in [1.807, 2.05) is 0 Å². The number of piperazine rings is 1. The average Bonchev–Trinajstić information content (AvgIpc) is 2.75. The molecule has 17 heavy (non-hydrogen) atoms. The molecule has 0 aromatic carbocycles. The number of piperidine rings is 1. The van der Waals surface area contributed by atoms with E-state index in [9.17, 15) is 0 Å². The van der Waals surface area contributed by atoms with Crippen molar-refractivity contribution in [2.45, 2.75) is 70.5 Å². The van der Waals surface area contributed by atoms with Gasteiger partial charge in [-0.15, -0.1) is 0 Å². The zero-order valence-electron chi connectivity index (χ0n) is 11.6. The Labute approximate surface area is 106 Å². The second-order valence-corrected chi connectivity index (χ2v) is 6.76. The Kier molecular flexibility index (Phi) is 3.45. The minimum Gasteiger partial charge on any atom is -0.298 e. The maximum Gasteiger partial charge on any atom is 0.0224 e. The van der Waals surface area contributed by atoms with E-state index in [1.165, 1.54) is 58.2 Å². The van der Waals surface area contributed by atoms with E-state index in [-0.39, 0.29) is 0 Å². The molecule has 4 atom stereocenters. The van der Waals surface area contributed by atoms with Crippen LogP contribution in [0.1, 0.15) is 52.4 Å². The van der Waals surface area contributed by atoms with Gasteiger partial charge in [-0.25, -0.2) is 0 Å². The topological polar surface area (TPSA) is 6.48 Å². The van der Waals surface area contributed by atoms with Crippen molar-refractivity contribution in [3.05, 3.63) is 0 Å². The summed E-state index contributed by atoms with van der Waals surface area (Å²) in [6, 6.07) is 2.58. The molecule has 0 amide bonds. The second kappa shape index (κ2) is 4.89. The highest BCUT2D eigenvalue weighted by atomic mass is 15.3. The van der Waals surface area contributed by atoms with Crippen molar-refractivity contribution in [3.63, 3.8) is 0 Å². The number of hydrogen-bond acceptors (Lipinski definition) is 2. The van der Waals surface area contributed by atoms with E-state index < -0.39 is 0 Å². The van der Waals surface area contributed by atoms with Crippen molar-refractivity contribution in [2.24, 2.45) is 5.92 Å². The predicted octanol–water partition coefficient (Wildman–Crippen LogP) is 2.73. The van der Waals surface area contributed by atoms with Crippen LogP contribution in [0.3, 0.4) is 0 Å². The molecule has 2 heterocycles. The van der Waals surface area contributed by atoms with Gasteiger partial charge < -0.3 is 0 Å². The molecule has 2 saturated heterocycles. The first-order valence-electron chi connectivity index (χ1n) is 7.74. The summed E-state index contributed by atoms with van der Waals surface area (Å²) in [5, 5.41) is 0. The molecular weight excluding hydrogens is 208 g/mol. The molecule has 3 rings (SSSR count).